The average Bonchev–Trinajstić information content (AvgIpc) is 3.33. The van der Waals surface area contributed by atoms with Gasteiger partial charge in [0.25, 0.3) is 0 Å². The van der Waals surface area contributed by atoms with Crippen LogP contribution in [0.15, 0.2) is 58.3 Å². The lowest BCUT2D eigenvalue weighted by molar-refractivity contribution is -0.145. The van der Waals surface area contributed by atoms with Crippen LogP contribution in [0.25, 0.3) is 0 Å². The second kappa shape index (κ2) is 34.6. The van der Waals surface area contributed by atoms with Gasteiger partial charge in [-0.2, -0.15) is 10.5 Å². The average molecular weight is 1090 g/mol. The molecular formula is C49H70N10O14S2. The molecule has 0 bridgehead atoms. The van der Waals surface area contributed by atoms with Crippen molar-refractivity contribution in [2.75, 3.05) is 144 Å². The third-order valence-electron chi connectivity index (χ3n) is 12.7. The van der Waals surface area contributed by atoms with Gasteiger partial charge >= 0.3 is 41.8 Å². The Morgan fingerprint density at radius 1 is 0.493 bits per heavy atom. The van der Waals surface area contributed by atoms with Crippen LogP contribution in [-0.2, 0) is 46.4 Å². The minimum Gasteiger partial charge on any atom is -0.480 e. The smallest absolute Gasteiger partial charge is 0.320 e. The molecule has 0 aromatic heterocycles. The van der Waals surface area contributed by atoms with Crippen molar-refractivity contribution >= 4 is 65.3 Å². The maximum absolute atomic E-state index is 12.3. The van der Waals surface area contributed by atoms with Crippen molar-refractivity contribution in [3.05, 3.63) is 59.7 Å². The highest BCUT2D eigenvalue weighted by Gasteiger charge is 2.30. The summed E-state index contributed by atoms with van der Waals surface area (Å²) in [5, 5.41) is 88.4. The number of likely N-dealkylation sites (N-methyl/N-ethyl adjacent to an activating group) is 1. The zero-order chi connectivity index (χ0) is 55.3. The second-order valence-corrected chi connectivity index (χ2v) is 19.8. The summed E-state index contributed by atoms with van der Waals surface area (Å²) in [6, 6.07) is 13.4. The molecule has 0 saturated carbocycles. The van der Waals surface area contributed by atoms with Gasteiger partial charge in [0, 0.05) is 114 Å². The summed E-state index contributed by atoms with van der Waals surface area (Å²) >= 11 is 2.08. The summed E-state index contributed by atoms with van der Waals surface area (Å²) in [5.41, 5.74) is 1.83. The van der Waals surface area contributed by atoms with E-state index in [1.54, 1.807) is 31.7 Å². The maximum Gasteiger partial charge on any atom is 0.320 e. The van der Waals surface area contributed by atoms with Gasteiger partial charge in [-0.25, -0.2) is 0 Å². The van der Waals surface area contributed by atoms with Gasteiger partial charge in [-0.3, -0.25) is 67.9 Å². The predicted octanol–water partition coefficient (Wildman–Crippen LogP) is 0.787. The van der Waals surface area contributed by atoms with Crippen LogP contribution in [0.4, 0.5) is 0 Å². The molecule has 0 spiro atoms. The molecule has 2 aliphatic heterocycles. The predicted molar refractivity (Wildman–Crippen MR) is 276 cm³/mol. The monoisotopic (exact) mass is 1090 g/mol. The van der Waals surface area contributed by atoms with Crippen LogP contribution < -0.4 is 0 Å². The molecule has 2 aromatic carbocycles. The third kappa shape index (κ3) is 26.4. The number of nitriles is 2. The van der Waals surface area contributed by atoms with E-state index in [0.29, 0.717) is 71.6 Å². The first-order valence-corrected chi connectivity index (χ1v) is 26.1. The number of carboxylic acids is 7. The van der Waals surface area contributed by atoms with Crippen LogP contribution in [0.1, 0.15) is 24.5 Å². The van der Waals surface area contributed by atoms with Crippen molar-refractivity contribution in [2.45, 2.75) is 48.1 Å². The Labute approximate surface area is 445 Å². The molecule has 2 atom stereocenters. The first-order chi connectivity index (χ1) is 35.8. The van der Waals surface area contributed by atoms with Crippen molar-refractivity contribution in [3.8, 4) is 10.8 Å². The van der Waals surface area contributed by atoms with E-state index >= 15 is 0 Å². The summed E-state index contributed by atoms with van der Waals surface area (Å²) in [5.74, 6) is -7.04. The molecule has 2 fully saturated rings. The number of thiocyanates is 2. The van der Waals surface area contributed by atoms with Crippen LogP contribution in [0.5, 0.6) is 0 Å². The van der Waals surface area contributed by atoms with E-state index in [1.165, 1.54) is 0 Å². The Morgan fingerprint density at radius 3 is 1.21 bits per heavy atom. The third-order valence-corrected chi connectivity index (χ3v) is 13.9. The van der Waals surface area contributed by atoms with Crippen LogP contribution in [0.3, 0.4) is 0 Å². The summed E-state index contributed by atoms with van der Waals surface area (Å²) in [6.45, 7) is 6.84. The lowest BCUT2D eigenvalue weighted by Crippen LogP contribution is -2.53. The number of aryl methyl sites for hydroxylation is 1. The van der Waals surface area contributed by atoms with Crippen LogP contribution in [-0.4, -0.2) is 273 Å². The molecule has 2 aliphatic rings. The van der Waals surface area contributed by atoms with Crippen LogP contribution in [0, 0.1) is 21.3 Å². The van der Waals surface area contributed by atoms with Crippen LogP contribution in [0.2, 0.25) is 0 Å². The van der Waals surface area contributed by atoms with Crippen molar-refractivity contribution < 1.29 is 69.3 Å². The van der Waals surface area contributed by atoms with Crippen molar-refractivity contribution in [3.63, 3.8) is 0 Å². The van der Waals surface area contributed by atoms with Crippen molar-refractivity contribution in [1.82, 2.24) is 39.2 Å². The molecule has 26 heteroatoms. The lowest BCUT2D eigenvalue weighted by Gasteiger charge is -2.37. The number of carbonyl (C=O) groups is 7. The van der Waals surface area contributed by atoms with E-state index in [0.717, 1.165) is 51.0 Å². The van der Waals surface area contributed by atoms with Gasteiger partial charge in [0.15, 0.2) is 0 Å². The highest BCUT2D eigenvalue weighted by Crippen LogP contribution is 2.21. The van der Waals surface area contributed by atoms with E-state index in [4.69, 9.17) is 10.5 Å². The summed E-state index contributed by atoms with van der Waals surface area (Å²) in [7, 11) is 0. The van der Waals surface area contributed by atoms with E-state index in [1.807, 2.05) is 68.8 Å². The number of aliphatic carboxylic acids is 7. The zero-order valence-corrected chi connectivity index (χ0v) is 43.9. The largest absolute Gasteiger partial charge is 0.480 e. The van der Waals surface area contributed by atoms with E-state index < -0.39 is 53.9 Å². The molecule has 0 aliphatic carbocycles. The summed E-state index contributed by atoms with van der Waals surface area (Å²) in [6.07, 6.45) is 1.26. The highest BCUT2D eigenvalue weighted by molar-refractivity contribution is 8.04. The molecular weight excluding hydrogens is 1020 g/mol. The fraction of sp³-hybridized carbons (Fsp3) is 0.571. The van der Waals surface area contributed by atoms with E-state index in [9.17, 15) is 69.3 Å². The van der Waals surface area contributed by atoms with Gasteiger partial charge in [-0.1, -0.05) is 31.2 Å². The zero-order valence-electron chi connectivity index (χ0n) is 42.2. The van der Waals surface area contributed by atoms with E-state index in [2.05, 4.69) is 4.90 Å². The first-order valence-electron chi connectivity index (χ1n) is 24.4. The van der Waals surface area contributed by atoms with Gasteiger partial charge in [-0.15, -0.1) is 0 Å². The number of carboxylic acid groups (broad SMARTS) is 7. The topological polar surface area (TPSA) is 335 Å². The fourth-order valence-corrected chi connectivity index (χ4v) is 9.55. The molecule has 75 heavy (non-hydrogen) atoms. The number of hydrogen-bond acceptors (Lipinski definition) is 19. The molecule has 2 aromatic rings. The lowest BCUT2D eigenvalue weighted by atomic mass is 10.0. The molecule has 412 valence electrons. The number of hydrogen-bond donors (Lipinski definition) is 7. The minimum absolute atomic E-state index is 0.124. The molecule has 24 nitrogen and oxygen atoms in total. The van der Waals surface area contributed by atoms with Crippen molar-refractivity contribution in [1.29, 1.82) is 10.5 Å². The SMILES string of the molecule is CCN1CCN(CC(=O)O)CCN(C(CCc2ccc(SC#N)cc2)C(=O)O)CCN(CC(=O)O)CC1.N#CSc1ccc(CC2CN(CC(=O)O)CCN(CC(=O)O)CCN(CC(=O)O)CCN2CC(=O)O)cc1. The molecule has 2 unspecified atom stereocenters. The quantitative estimate of drug-likeness (QED) is 0.0633. The molecule has 2 heterocycles. The van der Waals surface area contributed by atoms with E-state index in [-0.39, 0.29) is 85.1 Å². The number of thioether (sulfide) groups is 2. The normalized spacial score (nSPS) is 18.7. The molecule has 4 rings (SSSR count). The molecule has 2 saturated heterocycles. The first kappa shape index (κ1) is 63.4. The number of nitrogens with zero attached hydrogens (tertiary/aromatic N) is 10. The number of benzene rings is 2. The Bertz CT molecular complexity index is 2200. The van der Waals surface area contributed by atoms with Gasteiger partial charge < -0.3 is 40.6 Å². The van der Waals surface area contributed by atoms with Gasteiger partial charge in [-0.05, 0) is 84.7 Å². The maximum atomic E-state index is 12.3. The molecule has 0 radical (unpaired) electrons. The molecule has 7 N–H and O–H groups in total. The van der Waals surface area contributed by atoms with Crippen molar-refractivity contribution in [2.24, 2.45) is 0 Å². The Balaban J connectivity index is 0.000000395. The van der Waals surface area contributed by atoms with Gasteiger partial charge in [0.05, 0.1) is 39.3 Å². The van der Waals surface area contributed by atoms with Gasteiger partial charge in [0.1, 0.15) is 16.8 Å². The van der Waals surface area contributed by atoms with Gasteiger partial charge in [0.2, 0.25) is 0 Å². The summed E-state index contributed by atoms with van der Waals surface area (Å²) in [4.78, 5) is 97.4. The van der Waals surface area contributed by atoms with Crippen LogP contribution >= 0.6 is 23.5 Å². The summed E-state index contributed by atoms with van der Waals surface area (Å²) < 4.78 is 0. The standard InChI is InChI=1S/C25H37N5O6S.C24H33N5O8S/c1-2-27-9-11-28(17-23(31)32)13-15-30(16-14-29(12-10-27)18-24(33)34)22(25(35)36)8-5-20-3-6-21(7-4-20)37-19-26;25-17-38-20-3-1-18(2-4-20)11-19-12-28(15-23(34)35)8-7-26(13-21(30)31)5-6-27(14-22(32)33)9-10-29(19)16-24(36)37/h3-4,6-7,22H,2,5,8-18H2,1H3,(H,31,32)(H,33,34)(H,35,36);1-4,19H,5-16H2,(H,30,31)(H,32,33)(H,34,35)(H,36,37). The second-order valence-electron chi connectivity index (χ2n) is 18.1. The number of rotatable bonds is 22. The Morgan fingerprint density at radius 2 is 0.840 bits per heavy atom. The minimum atomic E-state index is -1.06. The Kier molecular flexibility index (Phi) is 29.3. The fourth-order valence-electron chi connectivity index (χ4n) is 8.80. The Hall–Kier alpha value is -5.91. The highest BCUT2D eigenvalue weighted by atomic mass is 32.2. The molecule has 0 amide bonds.